The highest BCUT2D eigenvalue weighted by Crippen LogP contribution is 2.52. The monoisotopic (exact) mass is 369 g/mol. The summed E-state index contributed by atoms with van der Waals surface area (Å²) in [5.41, 5.74) is 2.38. The summed E-state index contributed by atoms with van der Waals surface area (Å²) in [6.45, 7) is 7.46. The molecule has 0 N–H and O–H groups in total. The summed E-state index contributed by atoms with van der Waals surface area (Å²) in [4.78, 5) is 26.6. The molecule has 0 radical (unpaired) electrons. The lowest BCUT2D eigenvalue weighted by Crippen LogP contribution is -2.39. The van der Waals surface area contributed by atoms with Crippen molar-refractivity contribution in [3.8, 4) is 5.75 Å². The van der Waals surface area contributed by atoms with E-state index in [0.717, 1.165) is 48.9 Å². The number of hydrogen-bond acceptors (Lipinski definition) is 4. The van der Waals surface area contributed by atoms with Crippen LogP contribution in [0.15, 0.2) is 27.4 Å². The molecule has 1 saturated carbocycles. The van der Waals surface area contributed by atoms with Gasteiger partial charge >= 0.3 is 5.63 Å². The summed E-state index contributed by atoms with van der Waals surface area (Å²) in [5, 5.41) is 0.940. The van der Waals surface area contributed by atoms with Crippen LogP contribution in [0.1, 0.15) is 50.7 Å². The van der Waals surface area contributed by atoms with E-state index in [2.05, 4.69) is 6.92 Å². The minimum absolute atomic E-state index is 0.0412. The van der Waals surface area contributed by atoms with Crippen LogP contribution in [-0.2, 0) is 11.2 Å². The first-order valence-electron chi connectivity index (χ1n) is 9.94. The van der Waals surface area contributed by atoms with Crippen molar-refractivity contribution < 1.29 is 13.9 Å². The first-order valence-corrected chi connectivity index (χ1v) is 9.94. The van der Waals surface area contributed by atoms with Crippen molar-refractivity contribution in [2.24, 2.45) is 5.41 Å². The quantitative estimate of drug-likeness (QED) is 0.752. The van der Waals surface area contributed by atoms with Gasteiger partial charge in [0.1, 0.15) is 11.3 Å². The van der Waals surface area contributed by atoms with Gasteiger partial charge in [0.25, 0.3) is 5.91 Å². The average Bonchev–Trinajstić information content (AvgIpc) is 3.26. The number of carbonyl (C=O) groups is 1. The number of amides is 1. The fourth-order valence-electron chi connectivity index (χ4n) is 4.22. The Balaban J connectivity index is 1.57. The number of aryl methyl sites for hydroxylation is 2. The molecule has 1 aliphatic heterocycles. The Morgan fingerprint density at radius 2 is 2.11 bits per heavy atom. The van der Waals surface area contributed by atoms with E-state index in [1.807, 2.05) is 24.0 Å². The summed E-state index contributed by atoms with van der Waals surface area (Å²) in [7, 11) is 0. The average molecular weight is 369 g/mol. The molecular formula is C22H27NO4. The smallest absolute Gasteiger partial charge is 0.336 e. The maximum atomic E-state index is 12.8. The molecule has 5 nitrogen and oxygen atoms in total. The summed E-state index contributed by atoms with van der Waals surface area (Å²) < 4.78 is 11.5. The van der Waals surface area contributed by atoms with Crippen LogP contribution in [0, 0.1) is 12.3 Å². The van der Waals surface area contributed by atoms with Crippen LogP contribution >= 0.6 is 0 Å². The van der Waals surface area contributed by atoms with Gasteiger partial charge in [0.15, 0.2) is 6.10 Å². The van der Waals surface area contributed by atoms with Crippen molar-refractivity contribution in [2.75, 3.05) is 13.1 Å². The third-order valence-electron chi connectivity index (χ3n) is 6.07. The number of carbonyl (C=O) groups excluding carboxylic acids is 1. The SMILES string of the molecule is CCCc1cc(=O)oc2c(C)c(OC(C)C(=O)N3CCC4(CC4)C3)ccc12. The largest absolute Gasteiger partial charge is 0.480 e. The lowest BCUT2D eigenvalue weighted by atomic mass is 10.0. The Labute approximate surface area is 159 Å². The number of fused-ring (bicyclic) bond motifs is 1. The molecule has 144 valence electrons. The molecule has 1 saturated heterocycles. The zero-order valence-electron chi connectivity index (χ0n) is 16.3. The number of ether oxygens (including phenoxy) is 1. The molecule has 27 heavy (non-hydrogen) atoms. The molecule has 2 fully saturated rings. The van der Waals surface area contributed by atoms with Crippen molar-refractivity contribution in [1.29, 1.82) is 0 Å². The van der Waals surface area contributed by atoms with Gasteiger partial charge in [-0.05, 0) is 62.6 Å². The second kappa shape index (κ2) is 6.70. The van der Waals surface area contributed by atoms with Gasteiger partial charge in [-0.3, -0.25) is 4.79 Å². The Morgan fingerprint density at radius 1 is 1.33 bits per heavy atom. The van der Waals surface area contributed by atoms with E-state index in [9.17, 15) is 9.59 Å². The number of hydrogen-bond donors (Lipinski definition) is 0. The highest BCUT2D eigenvalue weighted by Gasteiger charge is 2.49. The number of nitrogens with zero attached hydrogens (tertiary/aromatic N) is 1. The maximum Gasteiger partial charge on any atom is 0.336 e. The third-order valence-corrected chi connectivity index (χ3v) is 6.07. The van der Waals surface area contributed by atoms with Gasteiger partial charge in [0.2, 0.25) is 0 Å². The molecule has 2 heterocycles. The van der Waals surface area contributed by atoms with Crippen LogP contribution < -0.4 is 10.4 Å². The lowest BCUT2D eigenvalue weighted by molar-refractivity contribution is -0.137. The summed E-state index contributed by atoms with van der Waals surface area (Å²) in [5.74, 6) is 0.639. The van der Waals surface area contributed by atoms with Crippen molar-refractivity contribution in [3.05, 3.63) is 39.7 Å². The van der Waals surface area contributed by atoms with Crippen molar-refractivity contribution >= 4 is 16.9 Å². The van der Waals surface area contributed by atoms with Gasteiger partial charge in [-0.1, -0.05) is 13.3 Å². The predicted molar refractivity (Wildman–Crippen MR) is 104 cm³/mol. The molecule has 0 bridgehead atoms. The molecule has 1 atom stereocenters. The molecule has 1 spiro atoms. The third kappa shape index (κ3) is 3.35. The topological polar surface area (TPSA) is 59.8 Å². The summed E-state index contributed by atoms with van der Waals surface area (Å²) >= 11 is 0. The Hall–Kier alpha value is -2.30. The molecule has 1 aromatic carbocycles. The zero-order valence-corrected chi connectivity index (χ0v) is 16.3. The molecule has 2 aliphatic rings. The van der Waals surface area contributed by atoms with Crippen molar-refractivity contribution in [2.45, 2.75) is 59.0 Å². The molecule has 4 rings (SSSR count). The van der Waals surface area contributed by atoms with Crippen LogP contribution in [0.3, 0.4) is 0 Å². The van der Waals surface area contributed by atoms with E-state index >= 15 is 0 Å². The van der Waals surface area contributed by atoms with Crippen LogP contribution in [0.4, 0.5) is 0 Å². The number of rotatable bonds is 5. The van der Waals surface area contributed by atoms with E-state index in [-0.39, 0.29) is 11.5 Å². The van der Waals surface area contributed by atoms with Gasteiger partial charge < -0.3 is 14.1 Å². The fourth-order valence-corrected chi connectivity index (χ4v) is 4.22. The highest BCUT2D eigenvalue weighted by atomic mass is 16.5. The maximum absolute atomic E-state index is 12.8. The Kier molecular flexibility index (Phi) is 4.49. The Morgan fingerprint density at radius 3 is 2.78 bits per heavy atom. The second-order valence-corrected chi connectivity index (χ2v) is 8.18. The lowest BCUT2D eigenvalue weighted by Gasteiger charge is -2.22. The zero-order chi connectivity index (χ0) is 19.2. The molecule has 1 aliphatic carbocycles. The number of benzene rings is 1. The first-order chi connectivity index (χ1) is 12.9. The molecule has 1 aromatic heterocycles. The fraction of sp³-hybridized carbons (Fsp3) is 0.545. The molecular weight excluding hydrogens is 342 g/mol. The molecule has 5 heteroatoms. The first kappa shape index (κ1) is 18.1. The van der Waals surface area contributed by atoms with Crippen LogP contribution in [-0.4, -0.2) is 30.0 Å². The minimum atomic E-state index is -0.555. The standard InChI is InChI=1S/C22H27NO4/c1-4-5-16-12-19(24)27-20-14(2)18(7-6-17(16)20)26-15(3)21(25)23-11-10-22(13-23)8-9-22/h6-7,12,15H,4-5,8-11,13H2,1-3H3. The second-order valence-electron chi connectivity index (χ2n) is 8.18. The Bertz CT molecular complexity index is 941. The van der Waals surface area contributed by atoms with Crippen molar-refractivity contribution in [1.82, 2.24) is 4.90 Å². The van der Waals surface area contributed by atoms with E-state index in [0.29, 0.717) is 16.7 Å². The normalized spacial score (nSPS) is 18.9. The van der Waals surface area contributed by atoms with Gasteiger partial charge in [-0.15, -0.1) is 0 Å². The van der Waals surface area contributed by atoms with E-state index in [1.165, 1.54) is 12.8 Å². The summed E-state index contributed by atoms with van der Waals surface area (Å²) in [6.07, 6.45) is 4.84. The minimum Gasteiger partial charge on any atom is -0.480 e. The number of likely N-dealkylation sites (tertiary alicyclic amines) is 1. The van der Waals surface area contributed by atoms with Gasteiger partial charge in [0, 0.05) is 30.1 Å². The summed E-state index contributed by atoms with van der Waals surface area (Å²) in [6, 6.07) is 5.38. The van der Waals surface area contributed by atoms with Crippen LogP contribution in [0.25, 0.3) is 11.0 Å². The van der Waals surface area contributed by atoms with E-state index < -0.39 is 6.10 Å². The van der Waals surface area contributed by atoms with Gasteiger partial charge in [-0.25, -0.2) is 4.79 Å². The van der Waals surface area contributed by atoms with Crippen LogP contribution in [0.2, 0.25) is 0 Å². The highest BCUT2D eigenvalue weighted by molar-refractivity contribution is 5.85. The van der Waals surface area contributed by atoms with E-state index in [1.54, 1.807) is 13.0 Å². The van der Waals surface area contributed by atoms with Gasteiger partial charge in [0.05, 0.1) is 0 Å². The predicted octanol–water partition coefficient (Wildman–Crippen LogP) is 3.83. The van der Waals surface area contributed by atoms with Crippen molar-refractivity contribution in [3.63, 3.8) is 0 Å². The van der Waals surface area contributed by atoms with Crippen LogP contribution in [0.5, 0.6) is 5.75 Å². The molecule has 1 amide bonds. The molecule has 1 unspecified atom stereocenters. The molecule has 2 aromatic rings. The van der Waals surface area contributed by atoms with Gasteiger partial charge in [-0.2, -0.15) is 0 Å². The van der Waals surface area contributed by atoms with E-state index in [4.69, 9.17) is 9.15 Å².